The maximum Gasteiger partial charge on any atom is 0.419 e. The van der Waals surface area contributed by atoms with Gasteiger partial charge >= 0.3 is 6.18 Å². The molecule has 3 saturated carbocycles. The van der Waals surface area contributed by atoms with Gasteiger partial charge in [-0.3, -0.25) is 9.59 Å². The van der Waals surface area contributed by atoms with Gasteiger partial charge in [-0.05, 0) is 80.2 Å². The van der Waals surface area contributed by atoms with E-state index in [9.17, 15) is 35.6 Å². The Kier molecular flexibility index (Phi) is 5.82. The number of amides is 2. The van der Waals surface area contributed by atoms with Gasteiger partial charge in [0.05, 0.1) is 16.9 Å². The van der Waals surface area contributed by atoms with Gasteiger partial charge in [0.1, 0.15) is 11.9 Å². The molecule has 1 aromatic heterocycles. The van der Waals surface area contributed by atoms with Crippen molar-refractivity contribution in [2.45, 2.75) is 73.1 Å². The summed E-state index contributed by atoms with van der Waals surface area (Å²) in [6.07, 6.45) is 0.223. The zero-order valence-electron chi connectivity index (χ0n) is 20.1. The fourth-order valence-corrected chi connectivity index (χ4v) is 7.08. The summed E-state index contributed by atoms with van der Waals surface area (Å²) in [5.41, 5.74) is -0.986. The minimum atomic E-state index is -4.82. The number of carbonyl (C=O) groups excluding carboxylic acids is 2. The molecule has 202 valence electrons. The van der Waals surface area contributed by atoms with Gasteiger partial charge in [-0.25, -0.2) is 17.8 Å². The maximum absolute atomic E-state index is 14.3. The predicted molar refractivity (Wildman–Crippen MR) is 126 cm³/mol. The van der Waals surface area contributed by atoms with Crippen LogP contribution >= 0.6 is 0 Å². The van der Waals surface area contributed by atoms with Crippen molar-refractivity contribution >= 4 is 21.7 Å². The minimum absolute atomic E-state index is 0.0365. The first-order valence-corrected chi connectivity index (χ1v) is 14.2. The van der Waals surface area contributed by atoms with E-state index in [1.54, 1.807) is 0 Å². The Labute approximate surface area is 216 Å². The van der Waals surface area contributed by atoms with E-state index >= 15 is 0 Å². The number of benzene rings is 1. The van der Waals surface area contributed by atoms with Crippen LogP contribution in [0.2, 0.25) is 0 Å². The first-order chi connectivity index (χ1) is 17.9. The molecular formula is C26H25F4N3O4S. The number of likely N-dealkylation sites (tertiary alicyclic amines) is 1. The third kappa shape index (κ3) is 4.56. The molecule has 7 nitrogen and oxygen atoms in total. The molecule has 3 aliphatic carbocycles. The van der Waals surface area contributed by atoms with Gasteiger partial charge in [0, 0.05) is 17.8 Å². The van der Waals surface area contributed by atoms with Crippen molar-refractivity contribution in [3.63, 3.8) is 0 Å². The number of halogens is 4. The van der Waals surface area contributed by atoms with Crippen molar-refractivity contribution in [1.29, 1.82) is 0 Å². The lowest BCUT2D eigenvalue weighted by Crippen LogP contribution is -2.49. The van der Waals surface area contributed by atoms with Crippen LogP contribution in [0.5, 0.6) is 0 Å². The van der Waals surface area contributed by atoms with Crippen LogP contribution in [-0.4, -0.2) is 47.4 Å². The summed E-state index contributed by atoms with van der Waals surface area (Å²) >= 11 is 0. The molecule has 12 heteroatoms. The van der Waals surface area contributed by atoms with E-state index in [-0.39, 0.29) is 34.0 Å². The fourth-order valence-electron chi connectivity index (χ4n) is 5.49. The van der Waals surface area contributed by atoms with Gasteiger partial charge in [-0.2, -0.15) is 13.2 Å². The monoisotopic (exact) mass is 551 g/mol. The number of alkyl halides is 3. The molecule has 0 unspecified atom stereocenters. The van der Waals surface area contributed by atoms with Gasteiger partial charge in [0.25, 0.3) is 5.91 Å². The second-order valence-corrected chi connectivity index (χ2v) is 12.9. The summed E-state index contributed by atoms with van der Waals surface area (Å²) in [6.45, 7) is 0. The van der Waals surface area contributed by atoms with Gasteiger partial charge in [0.15, 0.2) is 14.9 Å². The third-order valence-corrected chi connectivity index (χ3v) is 10.1. The Bertz CT molecular complexity index is 1420. The minimum Gasteiger partial charge on any atom is -0.347 e. The normalized spacial score (nSPS) is 25.6. The SMILES string of the molecule is O=C(N[C@@H](c1ccc(C(F)(F)F)c(F)c1)C1CC1)[C@H]1C[C@H]2C[C@H]2N1C(=O)c1ccnc(S(=O)(=O)C2CC2)c1. The molecule has 2 heterocycles. The molecule has 1 aliphatic heterocycles. The van der Waals surface area contributed by atoms with Crippen molar-refractivity contribution in [3.05, 3.63) is 59.0 Å². The number of fused-ring (bicyclic) bond motifs is 1. The molecule has 4 atom stereocenters. The summed E-state index contributed by atoms with van der Waals surface area (Å²) in [5, 5.41) is 2.24. The Morgan fingerprint density at radius 2 is 1.79 bits per heavy atom. The van der Waals surface area contributed by atoms with Gasteiger partial charge in [-0.1, -0.05) is 6.07 Å². The van der Waals surface area contributed by atoms with E-state index in [1.165, 1.54) is 29.3 Å². The van der Waals surface area contributed by atoms with Crippen molar-refractivity contribution < 1.29 is 35.6 Å². The first kappa shape index (κ1) is 25.3. The summed E-state index contributed by atoms with van der Waals surface area (Å²) in [4.78, 5) is 32.4. The smallest absolute Gasteiger partial charge is 0.347 e. The van der Waals surface area contributed by atoms with Crippen molar-refractivity contribution in [3.8, 4) is 0 Å². The number of sulfone groups is 1. The number of nitrogens with zero attached hydrogens (tertiary/aromatic N) is 2. The Morgan fingerprint density at radius 1 is 1.05 bits per heavy atom. The predicted octanol–water partition coefficient (Wildman–Crippen LogP) is 4.05. The second kappa shape index (κ2) is 8.75. The molecule has 4 aliphatic rings. The lowest BCUT2D eigenvalue weighted by molar-refractivity contribution is -0.140. The van der Waals surface area contributed by atoms with Crippen LogP contribution in [0.15, 0.2) is 41.6 Å². The Morgan fingerprint density at radius 3 is 2.42 bits per heavy atom. The number of hydrogen-bond acceptors (Lipinski definition) is 5. The maximum atomic E-state index is 14.3. The molecule has 2 amide bonds. The number of aromatic nitrogens is 1. The number of piperidine rings is 1. The lowest BCUT2D eigenvalue weighted by atomic mass is 9.99. The standard InChI is InChI=1S/C26H25F4N3O4S/c27-19-9-14(3-6-18(19)26(28,29)30)23(13-1-2-13)32-24(34)21-11-16-10-20(16)33(21)25(35)15-7-8-31-22(12-15)38(36,37)17-4-5-17/h3,6-9,12-13,16-17,20-21,23H,1-2,4-5,10-11H2,(H,32,34)/t16-,20-,21-,23-/m1/s1. The number of nitrogens with one attached hydrogen (secondary N) is 1. The zero-order valence-corrected chi connectivity index (χ0v) is 20.9. The molecule has 0 bridgehead atoms. The summed E-state index contributed by atoms with van der Waals surface area (Å²) < 4.78 is 78.6. The zero-order chi connectivity index (χ0) is 27.0. The Balaban J connectivity index is 1.22. The van der Waals surface area contributed by atoms with E-state index in [4.69, 9.17) is 0 Å². The third-order valence-electron chi connectivity index (χ3n) is 7.93. The molecular weight excluding hydrogens is 526 g/mol. The average Bonchev–Trinajstić information content (AvgIpc) is 3.72. The molecule has 6 rings (SSSR count). The molecule has 1 saturated heterocycles. The lowest BCUT2D eigenvalue weighted by Gasteiger charge is -2.29. The van der Waals surface area contributed by atoms with Crippen LogP contribution in [0, 0.1) is 17.7 Å². The van der Waals surface area contributed by atoms with Gasteiger partial charge in [0.2, 0.25) is 5.91 Å². The van der Waals surface area contributed by atoms with Crippen LogP contribution in [0.3, 0.4) is 0 Å². The number of hydrogen-bond donors (Lipinski definition) is 1. The van der Waals surface area contributed by atoms with E-state index < -0.39 is 56.5 Å². The Hall–Kier alpha value is -3.02. The van der Waals surface area contributed by atoms with E-state index in [0.29, 0.717) is 25.3 Å². The molecule has 38 heavy (non-hydrogen) atoms. The molecule has 0 spiro atoms. The number of pyridine rings is 1. The summed E-state index contributed by atoms with van der Waals surface area (Å²) in [6, 6.07) is 3.74. The quantitative estimate of drug-likeness (QED) is 0.524. The molecule has 1 aromatic carbocycles. The fraction of sp³-hybridized carbons (Fsp3) is 0.500. The largest absolute Gasteiger partial charge is 0.419 e. The molecule has 0 radical (unpaired) electrons. The van der Waals surface area contributed by atoms with Crippen LogP contribution < -0.4 is 5.32 Å². The average molecular weight is 552 g/mol. The van der Waals surface area contributed by atoms with E-state index in [0.717, 1.165) is 25.3 Å². The van der Waals surface area contributed by atoms with Gasteiger partial charge in [-0.15, -0.1) is 0 Å². The highest BCUT2D eigenvalue weighted by atomic mass is 32.2. The molecule has 1 N–H and O–H groups in total. The van der Waals surface area contributed by atoms with Crippen LogP contribution in [-0.2, 0) is 20.8 Å². The molecule has 2 aromatic rings. The van der Waals surface area contributed by atoms with Crippen LogP contribution in [0.1, 0.15) is 66.1 Å². The van der Waals surface area contributed by atoms with Crippen LogP contribution in [0.25, 0.3) is 0 Å². The van der Waals surface area contributed by atoms with E-state index in [1.807, 2.05) is 0 Å². The first-order valence-electron chi connectivity index (χ1n) is 12.6. The number of carbonyl (C=O) groups is 2. The molecule has 4 fully saturated rings. The highest BCUT2D eigenvalue weighted by molar-refractivity contribution is 7.92. The summed E-state index contributed by atoms with van der Waals surface area (Å²) in [5.74, 6) is -2.21. The highest BCUT2D eigenvalue weighted by Gasteiger charge is 2.56. The van der Waals surface area contributed by atoms with Crippen molar-refractivity contribution in [1.82, 2.24) is 15.2 Å². The van der Waals surface area contributed by atoms with Crippen molar-refractivity contribution in [2.75, 3.05) is 0 Å². The highest BCUT2D eigenvalue weighted by Crippen LogP contribution is 2.49. The second-order valence-electron chi connectivity index (χ2n) is 10.7. The topological polar surface area (TPSA) is 96.4 Å². The van der Waals surface area contributed by atoms with Gasteiger partial charge < -0.3 is 10.2 Å². The van der Waals surface area contributed by atoms with E-state index in [2.05, 4.69) is 10.3 Å². The van der Waals surface area contributed by atoms with Crippen LogP contribution in [0.4, 0.5) is 17.6 Å². The number of rotatable bonds is 7. The van der Waals surface area contributed by atoms with Crippen molar-refractivity contribution in [2.24, 2.45) is 11.8 Å². The summed E-state index contributed by atoms with van der Waals surface area (Å²) in [7, 11) is -3.61.